The van der Waals surface area contributed by atoms with Gasteiger partial charge in [0.25, 0.3) is 11.6 Å². The molecular weight excluding hydrogens is 272 g/mol. The molecule has 0 spiro atoms. The summed E-state index contributed by atoms with van der Waals surface area (Å²) in [5, 5.41) is 25.0. The number of nitriles is 1. The number of nitro benzene ring substituents is 1. The highest BCUT2D eigenvalue weighted by atomic mass is 16.6. The van der Waals surface area contributed by atoms with Crippen molar-refractivity contribution in [3.05, 3.63) is 46.2 Å². The molecule has 1 aromatic rings. The molecule has 0 fully saturated rings. The first-order chi connectivity index (χ1) is 10.1. The predicted octanol–water partition coefficient (Wildman–Crippen LogP) is 2.33. The van der Waals surface area contributed by atoms with Crippen LogP contribution in [0.15, 0.2) is 36.0 Å². The van der Waals surface area contributed by atoms with Gasteiger partial charge in [-0.3, -0.25) is 14.9 Å². The van der Waals surface area contributed by atoms with Crippen molar-refractivity contribution in [1.29, 1.82) is 5.26 Å². The SMILES string of the molecule is CCCCN/C=C(/C#N)C(=O)Nc1ccccc1[N+](=O)[O-]. The van der Waals surface area contributed by atoms with E-state index >= 15 is 0 Å². The number of anilines is 1. The van der Waals surface area contributed by atoms with Crippen LogP contribution in [-0.4, -0.2) is 17.4 Å². The van der Waals surface area contributed by atoms with E-state index in [2.05, 4.69) is 10.6 Å². The second kappa shape index (κ2) is 8.32. The lowest BCUT2D eigenvalue weighted by atomic mass is 10.2. The quantitative estimate of drug-likeness (QED) is 0.263. The molecule has 0 unspecified atom stereocenters. The fourth-order valence-corrected chi connectivity index (χ4v) is 1.53. The van der Waals surface area contributed by atoms with Crippen molar-refractivity contribution in [3.8, 4) is 6.07 Å². The molecule has 21 heavy (non-hydrogen) atoms. The molecule has 0 atom stereocenters. The van der Waals surface area contributed by atoms with Crippen molar-refractivity contribution in [3.63, 3.8) is 0 Å². The fraction of sp³-hybridized carbons (Fsp3) is 0.286. The van der Waals surface area contributed by atoms with Crippen molar-refractivity contribution in [2.75, 3.05) is 11.9 Å². The van der Waals surface area contributed by atoms with Gasteiger partial charge >= 0.3 is 0 Å². The number of nitrogens with zero attached hydrogens (tertiary/aromatic N) is 2. The van der Waals surface area contributed by atoms with Gasteiger partial charge in [-0.1, -0.05) is 25.5 Å². The lowest BCUT2D eigenvalue weighted by molar-refractivity contribution is -0.383. The maximum Gasteiger partial charge on any atom is 0.292 e. The van der Waals surface area contributed by atoms with Crippen LogP contribution < -0.4 is 10.6 Å². The van der Waals surface area contributed by atoms with E-state index in [1.165, 1.54) is 24.4 Å². The van der Waals surface area contributed by atoms with Gasteiger partial charge < -0.3 is 10.6 Å². The molecule has 7 heteroatoms. The van der Waals surface area contributed by atoms with Crippen LogP contribution in [0.4, 0.5) is 11.4 Å². The van der Waals surface area contributed by atoms with E-state index in [1.807, 2.05) is 6.92 Å². The van der Waals surface area contributed by atoms with Gasteiger partial charge in [-0.2, -0.15) is 5.26 Å². The molecule has 7 nitrogen and oxygen atoms in total. The molecule has 0 aromatic heterocycles. The zero-order valence-electron chi connectivity index (χ0n) is 11.6. The number of amides is 1. The lowest BCUT2D eigenvalue weighted by Crippen LogP contribution is -2.17. The predicted molar refractivity (Wildman–Crippen MR) is 78.3 cm³/mol. The topological polar surface area (TPSA) is 108 Å². The number of rotatable bonds is 7. The summed E-state index contributed by atoms with van der Waals surface area (Å²) in [6.07, 6.45) is 3.23. The van der Waals surface area contributed by atoms with Gasteiger partial charge in [0.05, 0.1) is 4.92 Å². The molecule has 110 valence electrons. The van der Waals surface area contributed by atoms with E-state index in [4.69, 9.17) is 5.26 Å². The van der Waals surface area contributed by atoms with Gasteiger partial charge in [0, 0.05) is 18.8 Å². The van der Waals surface area contributed by atoms with Crippen molar-refractivity contribution < 1.29 is 9.72 Å². The van der Waals surface area contributed by atoms with Gasteiger partial charge in [0.15, 0.2) is 0 Å². The second-order valence-corrected chi connectivity index (χ2v) is 4.21. The van der Waals surface area contributed by atoms with Gasteiger partial charge in [0.1, 0.15) is 17.3 Å². The molecule has 0 saturated carbocycles. The Balaban J connectivity index is 2.80. The van der Waals surface area contributed by atoms with Gasteiger partial charge in [0.2, 0.25) is 0 Å². The zero-order chi connectivity index (χ0) is 15.7. The molecule has 1 aromatic carbocycles. The zero-order valence-corrected chi connectivity index (χ0v) is 11.6. The number of nitrogens with one attached hydrogen (secondary N) is 2. The Bertz CT molecular complexity index is 590. The standard InChI is InChI=1S/C14H16N4O3/c1-2-3-8-16-10-11(9-15)14(19)17-12-6-4-5-7-13(12)18(20)21/h4-7,10,16H,2-3,8H2,1H3,(H,17,19)/b11-10-. The molecule has 0 aliphatic carbocycles. The maximum absolute atomic E-state index is 11.9. The number of hydrogen-bond acceptors (Lipinski definition) is 5. The Hall–Kier alpha value is -2.88. The molecule has 1 amide bonds. The van der Waals surface area contributed by atoms with Crippen molar-refractivity contribution in [1.82, 2.24) is 5.32 Å². The smallest absolute Gasteiger partial charge is 0.292 e. The van der Waals surface area contributed by atoms with Gasteiger partial charge in [-0.25, -0.2) is 0 Å². The summed E-state index contributed by atoms with van der Waals surface area (Å²) in [7, 11) is 0. The minimum Gasteiger partial charge on any atom is -0.390 e. The lowest BCUT2D eigenvalue weighted by Gasteiger charge is -2.05. The highest BCUT2D eigenvalue weighted by molar-refractivity contribution is 6.07. The second-order valence-electron chi connectivity index (χ2n) is 4.21. The third-order valence-corrected chi connectivity index (χ3v) is 2.64. The van der Waals surface area contributed by atoms with E-state index in [0.29, 0.717) is 6.54 Å². The Morgan fingerprint density at radius 2 is 2.19 bits per heavy atom. The highest BCUT2D eigenvalue weighted by Crippen LogP contribution is 2.23. The average molecular weight is 288 g/mol. The third-order valence-electron chi connectivity index (χ3n) is 2.64. The first kappa shape index (κ1) is 16.2. The van der Waals surface area contributed by atoms with E-state index in [0.717, 1.165) is 12.8 Å². The molecule has 1 rings (SSSR count). The summed E-state index contributed by atoms with van der Waals surface area (Å²) in [5.74, 6) is -0.684. The minimum absolute atomic E-state index is 0.0576. The van der Waals surface area contributed by atoms with Crippen LogP contribution in [0.25, 0.3) is 0 Å². The summed E-state index contributed by atoms with van der Waals surface area (Å²) < 4.78 is 0. The minimum atomic E-state index is -0.684. The molecular formula is C14H16N4O3. The van der Waals surface area contributed by atoms with Crippen LogP contribution in [0.5, 0.6) is 0 Å². The molecule has 0 aliphatic rings. The molecule has 2 N–H and O–H groups in total. The van der Waals surface area contributed by atoms with Crippen LogP contribution in [0.2, 0.25) is 0 Å². The summed E-state index contributed by atoms with van der Waals surface area (Å²) in [4.78, 5) is 22.2. The first-order valence-corrected chi connectivity index (χ1v) is 6.48. The van der Waals surface area contributed by atoms with Crippen LogP contribution in [0, 0.1) is 21.4 Å². The Morgan fingerprint density at radius 1 is 1.48 bits per heavy atom. The van der Waals surface area contributed by atoms with Crippen LogP contribution in [0.1, 0.15) is 19.8 Å². The molecule has 0 bridgehead atoms. The number of benzene rings is 1. The van der Waals surface area contributed by atoms with Gasteiger partial charge in [-0.05, 0) is 12.5 Å². The summed E-state index contributed by atoms with van der Waals surface area (Å²) >= 11 is 0. The van der Waals surface area contributed by atoms with E-state index in [1.54, 1.807) is 12.1 Å². The number of carbonyl (C=O) groups is 1. The van der Waals surface area contributed by atoms with E-state index < -0.39 is 10.8 Å². The van der Waals surface area contributed by atoms with Crippen LogP contribution in [-0.2, 0) is 4.79 Å². The fourth-order valence-electron chi connectivity index (χ4n) is 1.53. The summed E-state index contributed by atoms with van der Waals surface area (Å²) in [5.41, 5.74) is -0.298. The van der Waals surface area contributed by atoms with Gasteiger partial charge in [-0.15, -0.1) is 0 Å². The number of unbranched alkanes of at least 4 members (excludes halogenated alkanes) is 1. The van der Waals surface area contributed by atoms with E-state index in [-0.39, 0.29) is 16.9 Å². The summed E-state index contributed by atoms with van der Waals surface area (Å²) in [6.45, 7) is 2.68. The Labute approximate surface area is 122 Å². The largest absolute Gasteiger partial charge is 0.390 e. The van der Waals surface area contributed by atoms with Crippen molar-refractivity contribution in [2.45, 2.75) is 19.8 Å². The van der Waals surface area contributed by atoms with Crippen molar-refractivity contribution in [2.24, 2.45) is 0 Å². The maximum atomic E-state index is 11.9. The van der Waals surface area contributed by atoms with Crippen LogP contribution >= 0.6 is 0 Å². The Morgan fingerprint density at radius 3 is 2.81 bits per heavy atom. The van der Waals surface area contributed by atoms with Crippen LogP contribution in [0.3, 0.4) is 0 Å². The number of nitro groups is 1. The first-order valence-electron chi connectivity index (χ1n) is 6.48. The number of carbonyl (C=O) groups excluding carboxylic acids is 1. The van der Waals surface area contributed by atoms with Crippen molar-refractivity contribution >= 4 is 17.3 Å². The third kappa shape index (κ3) is 4.95. The average Bonchev–Trinajstić information content (AvgIpc) is 2.47. The monoisotopic (exact) mass is 288 g/mol. The normalized spacial score (nSPS) is 10.6. The van der Waals surface area contributed by atoms with E-state index in [9.17, 15) is 14.9 Å². The molecule has 0 heterocycles. The molecule has 0 radical (unpaired) electrons. The Kier molecular flexibility index (Phi) is 6.41. The summed E-state index contributed by atoms with van der Waals surface area (Å²) in [6, 6.07) is 7.53. The number of para-hydroxylation sites is 2. The number of hydrogen-bond donors (Lipinski definition) is 2. The molecule has 0 saturated heterocycles. The highest BCUT2D eigenvalue weighted by Gasteiger charge is 2.16. The molecule has 0 aliphatic heterocycles.